The summed E-state index contributed by atoms with van der Waals surface area (Å²) < 4.78 is 27.3. The second kappa shape index (κ2) is 8.62. The van der Waals surface area contributed by atoms with E-state index in [2.05, 4.69) is 10.6 Å². The molecule has 0 unspecified atom stereocenters. The first-order valence-electron chi connectivity index (χ1n) is 11.3. The Morgan fingerprint density at radius 3 is 2.50 bits per heavy atom. The Hall–Kier alpha value is -3.62. The van der Waals surface area contributed by atoms with E-state index in [0.717, 1.165) is 31.4 Å². The van der Waals surface area contributed by atoms with Crippen LogP contribution in [-0.2, 0) is 16.1 Å². The van der Waals surface area contributed by atoms with Gasteiger partial charge in [-0.25, -0.2) is 8.78 Å². The summed E-state index contributed by atoms with van der Waals surface area (Å²) in [6, 6.07) is 7.22. The van der Waals surface area contributed by atoms with E-state index in [0.29, 0.717) is 22.3 Å². The van der Waals surface area contributed by atoms with Crippen molar-refractivity contribution in [3.63, 3.8) is 0 Å². The van der Waals surface area contributed by atoms with Crippen molar-refractivity contribution in [2.75, 3.05) is 0 Å². The number of rotatable bonds is 5. The zero-order valence-corrected chi connectivity index (χ0v) is 18.3. The van der Waals surface area contributed by atoms with E-state index in [1.807, 2.05) is 0 Å². The van der Waals surface area contributed by atoms with Crippen LogP contribution in [0.1, 0.15) is 70.0 Å². The highest BCUT2D eigenvalue weighted by Gasteiger charge is 2.39. The van der Waals surface area contributed by atoms with E-state index in [1.54, 1.807) is 18.2 Å². The topological polar surface area (TPSA) is 95.6 Å². The van der Waals surface area contributed by atoms with E-state index < -0.39 is 29.6 Å². The molecule has 0 aromatic heterocycles. The Morgan fingerprint density at radius 2 is 1.82 bits per heavy atom. The normalized spacial score (nSPS) is 21.1. The number of carbonyl (C=O) groups excluding carboxylic acids is 4. The molecule has 2 atom stereocenters. The first-order chi connectivity index (χ1) is 16.3. The molecule has 1 aliphatic carbocycles. The summed E-state index contributed by atoms with van der Waals surface area (Å²) in [7, 11) is 0. The third-order valence-electron chi connectivity index (χ3n) is 7.00. The first-order valence-corrected chi connectivity index (χ1v) is 11.3. The SMILES string of the molecule is O=C1CC[C@H](N2Cc3cc(C(=O)N[C@H](c4ccc(F)c(F)c4)C4CCC4)ccc3C2=O)C(=O)N1. The molecule has 4 amide bonds. The fourth-order valence-electron chi connectivity index (χ4n) is 4.89. The predicted octanol–water partition coefficient (Wildman–Crippen LogP) is 3.00. The Bertz CT molecular complexity index is 1210. The molecule has 176 valence electrons. The molecule has 2 fully saturated rings. The van der Waals surface area contributed by atoms with E-state index >= 15 is 0 Å². The highest BCUT2D eigenvalue weighted by Crippen LogP contribution is 2.38. The molecule has 7 nitrogen and oxygen atoms in total. The van der Waals surface area contributed by atoms with Crippen molar-refractivity contribution in [3.05, 3.63) is 70.3 Å². The fraction of sp³-hybridized carbons (Fsp3) is 0.360. The Kier molecular flexibility index (Phi) is 5.63. The maximum Gasteiger partial charge on any atom is 0.255 e. The lowest BCUT2D eigenvalue weighted by Gasteiger charge is -2.34. The van der Waals surface area contributed by atoms with E-state index in [1.165, 1.54) is 11.0 Å². The summed E-state index contributed by atoms with van der Waals surface area (Å²) in [6.45, 7) is 0.163. The van der Waals surface area contributed by atoms with Crippen molar-refractivity contribution in [1.29, 1.82) is 0 Å². The molecule has 2 N–H and O–H groups in total. The van der Waals surface area contributed by atoms with Crippen LogP contribution >= 0.6 is 0 Å². The second-order valence-electron chi connectivity index (χ2n) is 9.09. The number of halogens is 2. The lowest BCUT2D eigenvalue weighted by Crippen LogP contribution is -2.52. The van der Waals surface area contributed by atoms with Crippen molar-refractivity contribution >= 4 is 23.6 Å². The van der Waals surface area contributed by atoms with Gasteiger partial charge in [-0.15, -0.1) is 0 Å². The molecule has 0 bridgehead atoms. The summed E-state index contributed by atoms with van der Waals surface area (Å²) in [6.07, 6.45) is 3.19. The van der Waals surface area contributed by atoms with Crippen LogP contribution in [0.4, 0.5) is 8.78 Å². The minimum atomic E-state index is -0.958. The summed E-state index contributed by atoms with van der Waals surface area (Å²) in [5, 5.41) is 5.22. The standard InChI is InChI=1S/C25H23F2N3O4/c26-18-7-5-14(11-19(18)27)22(13-2-1-3-13)29-23(32)15-4-6-17-16(10-15)12-30(25(17)34)20-8-9-21(31)28-24(20)33/h4-7,10-11,13,20,22H,1-3,8-9,12H2,(H,29,32)(H,28,31,33)/t20-,22-/m0/s1. The summed E-state index contributed by atoms with van der Waals surface area (Å²) in [4.78, 5) is 51.0. The number of carbonyl (C=O) groups is 4. The molecule has 1 saturated heterocycles. The van der Waals surface area contributed by atoms with Gasteiger partial charge in [-0.05, 0) is 66.6 Å². The Morgan fingerprint density at radius 1 is 1.03 bits per heavy atom. The zero-order chi connectivity index (χ0) is 24.0. The molecule has 0 radical (unpaired) electrons. The van der Waals surface area contributed by atoms with Gasteiger partial charge in [0.2, 0.25) is 11.8 Å². The van der Waals surface area contributed by atoms with E-state index in [9.17, 15) is 28.0 Å². The molecular formula is C25H23F2N3O4. The number of nitrogens with one attached hydrogen (secondary N) is 2. The highest BCUT2D eigenvalue weighted by molar-refractivity contribution is 6.06. The van der Waals surface area contributed by atoms with Gasteiger partial charge < -0.3 is 10.2 Å². The zero-order valence-electron chi connectivity index (χ0n) is 18.3. The average Bonchev–Trinajstić information content (AvgIpc) is 3.09. The first kappa shape index (κ1) is 22.2. The van der Waals surface area contributed by atoms with Gasteiger partial charge in [0.05, 0.1) is 6.04 Å². The summed E-state index contributed by atoms with van der Waals surface area (Å²) in [5.74, 6) is -3.31. The second-order valence-corrected chi connectivity index (χ2v) is 9.09. The monoisotopic (exact) mass is 467 g/mol. The molecule has 2 aliphatic heterocycles. The largest absolute Gasteiger partial charge is 0.345 e. The van der Waals surface area contributed by atoms with Crippen LogP contribution in [0.3, 0.4) is 0 Å². The number of amides is 4. The molecule has 0 spiro atoms. The van der Waals surface area contributed by atoms with Crippen molar-refractivity contribution in [1.82, 2.24) is 15.5 Å². The van der Waals surface area contributed by atoms with Gasteiger partial charge in [0, 0.05) is 24.1 Å². The van der Waals surface area contributed by atoms with Crippen LogP contribution in [0.15, 0.2) is 36.4 Å². The van der Waals surface area contributed by atoms with Crippen LogP contribution in [0.2, 0.25) is 0 Å². The van der Waals surface area contributed by atoms with E-state index in [-0.39, 0.29) is 43.0 Å². The van der Waals surface area contributed by atoms with Gasteiger partial charge in [0.25, 0.3) is 11.8 Å². The number of piperidine rings is 1. The number of benzene rings is 2. The van der Waals surface area contributed by atoms with Crippen molar-refractivity contribution in [2.45, 2.75) is 50.7 Å². The van der Waals surface area contributed by atoms with Gasteiger partial charge in [-0.2, -0.15) is 0 Å². The quantitative estimate of drug-likeness (QED) is 0.661. The maximum atomic E-state index is 13.8. The van der Waals surface area contributed by atoms with Crippen LogP contribution in [0, 0.1) is 17.6 Å². The minimum absolute atomic E-state index is 0.132. The Labute approximate surface area is 194 Å². The fourth-order valence-corrected chi connectivity index (χ4v) is 4.89. The molecule has 5 rings (SSSR count). The third-order valence-corrected chi connectivity index (χ3v) is 7.00. The third kappa shape index (κ3) is 3.95. The van der Waals surface area contributed by atoms with Crippen LogP contribution in [0.25, 0.3) is 0 Å². The molecular weight excluding hydrogens is 444 g/mol. The lowest BCUT2D eigenvalue weighted by atomic mass is 9.77. The molecule has 34 heavy (non-hydrogen) atoms. The van der Waals surface area contributed by atoms with E-state index in [4.69, 9.17) is 0 Å². The lowest BCUT2D eigenvalue weighted by molar-refractivity contribution is -0.136. The molecule has 1 saturated carbocycles. The van der Waals surface area contributed by atoms with Gasteiger partial charge in [0.15, 0.2) is 11.6 Å². The highest BCUT2D eigenvalue weighted by atomic mass is 19.2. The minimum Gasteiger partial charge on any atom is -0.345 e. The molecule has 2 aromatic rings. The molecule has 9 heteroatoms. The molecule has 3 aliphatic rings. The number of hydrogen-bond acceptors (Lipinski definition) is 4. The van der Waals surface area contributed by atoms with Gasteiger partial charge in [0.1, 0.15) is 6.04 Å². The Balaban J connectivity index is 1.35. The van der Waals surface area contributed by atoms with Crippen LogP contribution in [-0.4, -0.2) is 34.6 Å². The number of fused-ring (bicyclic) bond motifs is 1. The predicted molar refractivity (Wildman–Crippen MR) is 116 cm³/mol. The average molecular weight is 467 g/mol. The summed E-state index contributed by atoms with van der Waals surface area (Å²) in [5.41, 5.74) is 1.88. The molecule has 2 aromatic carbocycles. The van der Waals surface area contributed by atoms with Crippen LogP contribution in [0.5, 0.6) is 0 Å². The number of hydrogen-bond donors (Lipinski definition) is 2. The van der Waals surface area contributed by atoms with Gasteiger partial charge in [-0.3, -0.25) is 24.5 Å². The van der Waals surface area contributed by atoms with Gasteiger partial charge >= 0.3 is 0 Å². The summed E-state index contributed by atoms with van der Waals surface area (Å²) >= 11 is 0. The van der Waals surface area contributed by atoms with Crippen molar-refractivity contribution < 1.29 is 28.0 Å². The number of nitrogens with zero attached hydrogens (tertiary/aromatic N) is 1. The van der Waals surface area contributed by atoms with Crippen molar-refractivity contribution in [3.8, 4) is 0 Å². The maximum absolute atomic E-state index is 13.8. The molecule has 2 heterocycles. The van der Waals surface area contributed by atoms with Gasteiger partial charge in [-0.1, -0.05) is 12.5 Å². The van der Waals surface area contributed by atoms with Crippen LogP contribution < -0.4 is 10.6 Å². The smallest absolute Gasteiger partial charge is 0.255 e. The number of imide groups is 1. The van der Waals surface area contributed by atoms with Crippen molar-refractivity contribution in [2.24, 2.45) is 5.92 Å².